The number of hydrogen-bond donors (Lipinski definition) is 3. The van der Waals surface area contributed by atoms with Crippen molar-refractivity contribution >= 4 is 44.9 Å². The van der Waals surface area contributed by atoms with Crippen molar-refractivity contribution in [3.05, 3.63) is 47.5 Å². The molecule has 1 fully saturated rings. The zero-order chi connectivity index (χ0) is 26.8. The maximum atomic E-state index is 13.2. The minimum atomic E-state index is -3.44. The van der Waals surface area contributed by atoms with Crippen molar-refractivity contribution in [2.75, 3.05) is 33.9 Å². The van der Waals surface area contributed by atoms with Crippen LogP contribution in [0.2, 0.25) is 0 Å². The fourth-order valence-corrected chi connectivity index (χ4v) is 5.07. The van der Waals surface area contributed by atoms with E-state index in [1.165, 1.54) is 22.3 Å². The van der Waals surface area contributed by atoms with Gasteiger partial charge in [-0.25, -0.2) is 13.2 Å². The van der Waals surface area contributed by atoms with Crippen molar-refractivity contribution in [1.82, 2.24) is 5.32 Å². The minimum Gasteiger partial charge on any atom is -0.507 e. The molecule has 0 saturated carbocycles. The Kier molecular flexibility index (Phi) is 7.63. The topological polar surface area (TPSA) is 136 Å². The highest BCUT2D eigenvalue weighted by molar-refractivity contribution is 7.92. The van der Waals surface area contributed by atoms with Crippen LogP contribution in [0.1, 0.15) is 56.5 Å². The van der Waals surface area contributed by atoms with Crippen LogP contribution in [-0.4, -0.2) is 50.7 Å². The van der Waals surface area contributed by atoms with E-state index in [1.54, 1.807) is 37.3 Å². The van der Waals surface area contributed by atoms with E-state index in [0.29, 0.717) is 29.0 Å². The molecule has 1 aliphatic heterocycles. The summed E-state index contributed by atoms with van der Waals surface area (Å²) in [7, 11) is -1.96. The van der Waals surface area contributed by atoms with Gasteiger partial charge in [0.25, 0.3) is 5.91 Å². The standard InChI is InChI=1S/C25H32N4O6S/c1-6-13-36(34,35)28(5)17-9-7-16(8-10-17)26-23(32)19-14-18(15-20(22(19)31)25(2,3)4)29-12-11-21(30)27-24(29)33/h7-10,14-15,31H,6,11-13H2,1-5H3,(H,26,32)(H,27,30,33). The molecule has 11 heteroatoms. The summed E-state index contributed by atoms with van der Waals surface area (Å²) < 4.78 is 25.8. The highest BCUT2D eigenvalue weighted by atomic mass is 32.2. The second kappa shape index (κ2) is 10.2. The second-order valence-corrected chi connectivity index (χ2v) is 11.8. The maximum Gasteiger partial charge on any atom is 0.328 e. The van der Waals surface area contributed by atoms with Crippen LogP contribution < -0.4 is 19.8 Å². The van der Waals surface area contributed by atoms with Crippen LogP contribution in [0.15, 0.2) is 36.4 Å². The van der Waals surface area contributed by atoms with Crippen LogP contribution in [0.3, 0.4) is 0 Å². The third kappa shape index (κ3) is 5.78. The van der Waals surface area contributed by atoms with Gasteiger partial charge >= 0.3 is 6.03 Å². The van der Waals surface area contributed by atoms with Gasteiger partial charge in [0.1, 0.15) is 5.75 Å². The van der Waals surface area contributed by atoms with Crippen LogP contribution in [0.5, 0.6) is 5.75 Å². The number of benzene rings is 2. The molecule has 2 aromatic rings. The molecule has 0 bridgehead atoms. The third-order valence-corrected chi connectivity index (χ3v) is 7.85. The average molecular weight is 517 g/mol. The summed E-state index contributed by atoms with van der Waals surface area (Å²) in [5, 5.41) is 15.9. The molecule has 0 radical (unpaired) electrons. The van der Waals surface area contributed by atoms with E-state index in [1.807, 2.05) is 20.8 Å². The predicted octanol–water partition coefficient (Wildman–Crippen LogP) is 3.56. The van der Waals surface area contributed by atoms with Gasteiger partial charge in [0.2, 0.25) is 15.9 Å². The van der Waals surface area contributed by atoms with Crippen molar-refractivity contribution in [3.8, 4) is 5.75 Å². The van der Waals surface area contributed by atoms with Crippen LogP contribution in [0, 0.1) is 0 Å². The second-order valence-electron chi connectivity index (χ2n) is 9.68. The van der Waals surface area contributed by atoms with Crippen molar-refractivity contribution in [2.24, 2.45) is 0 Å². The van der Waals surface area contributed by atoms with Gasteiger partial charge in [-0.15, -0.1) is 0 Å². The number of carbonyl (C=O) groups is 3. The number of phenols is 1. The number of carbonyl (C=O) groups excluding carboxylic acids is 3. The first kappa shape index (κ1) is 27.0. The Bertz CT molecular complexity index is 1280. The number of amides is 4. The quantitative estimate of drug-likeness (QED) is 0.515. The highest BCUT2D eigenvalue weighted by Crippen LogP contribution is 2.38. The van der Waals surface area contributed by atoms with E-state index in [9.17, 15) is 27.9 Å². The Morgan fingerprint density at radius 3 is 2.36 bits per heavy atom. The number of urea groups is 1. The van der Waals surface area contributed by atoms with Crippen LogP contribution >= 0.6 is 0 Å². The molecule has 0 aromatic heterocycles. The monoisotopic (exact) mass is 516 g/mol. The van der Waals surface area contributed by atoms with Gasteiger partial charge in [-0.05, 0) is 48.2 Å². The lowest BCUT2D eigenvalue weighted by Gasteiger charge is -2.29. The van der Waals surface area contributed by atoms with E-state index in [2.05, 4.69) is 10.6 Å². The summed E-state index contributed by atoms with van der Waals surface area (Å²) >= 11 is 0. The fraction of sp³-hybridized carbons (Fsp3) is 0.400. The van der Waals surface area contributed by atoms with E-state index in [4.69, 9.17) is 0 Å². The van der Waals surface area contributed by atoms with E-state index < -0.39 is 27.4 Å². The number of imide groups is 1. The van der Waals surface area contributed by atoms with Crippen molar-refractivity contribution in [2.45, 2.75) is 46.0 Å². The highest BCUT2D eigenvalue weighted by Gasteiger charge is 2.29. The molecule has 1 saturated heterocycles. The molecule has 36 heavy (non-hydrogen) atoms. The molecular formula is C25H32N4O6S. The fourth-order valence-electron chi connectivity index (χ4n) is 3.84. The molecule has 0 atom stereocenters. The number of phenolic OH excluding ortho intramolecular Hbond substituents is 1. The van der Waals surface area contributed by atoms with E-state index in [0.717, 1.165) is 0 Å². The first-order chi connectivity index (χ1) is 16.7. The largest absolute Gasteiger partial charge is 0.507 e. The Balaban J connectivity index is 1.92. The average Bonchev–Trinajstić information content (AvgIpc) is 2.78. The summed E-state index contributed by atoms with van der Waals surface area (Å²) in [6, 6.07) is 8.75. The first-order valence-electron chi connectivity index (χ1n) is 11.6. The Labute approximate surface area is 211 Å². The molecule has 0 spiro atoms. The minimum absolute atomic E-state index is 0.0247. The van der Waals surface area contributed by atoms with Gasteiger partial charge in [0.05, 0.1) is 17.0 Å². The molecule has 0 aliphatic carbocycles. The summed E-state index contributed by atoms with van der Waals surface area (Å²) in [4.78, 5) is 38.5. The number of nitrogens with one attached hydrogen (secondary N) is 2. The molecule has 0 unspecified atom stereocenters. The summed E-state index contributed by atoms with van der Waals surface area (Å²) in [6.45, 7) is 7.55. The van der Waals surface area contributed by atoms with Crippen molar-refractivity contribution in [3.63, 3.8) is 0 Å². The Morgan fingerprint density at radius 2 is 1.81 bits per heavy atom. The molecule has 194 valence electrons. The lowest BCUT2D eigenvalue weighted by atomic mass is 9.84. The molecule has 1 heterocycles. The van der Waals surface area contributed by atoms with E-state index >= 15 is 0 Å². The summed E-state index contributed by atoms with van der Waals surface area (Å²) in [5.41, 5.74) is 1.11. The maximum absolute atomic E-state index is 13.2. The van der Waals surface area contributed by atoms with Gasteiger partial charge in [0, 0.05) is 37.0 Å². The number of sulfonamides is 1. The van der Waals surface area contributed by atoms with Gasteiger partial charge < -0.3 is 10.4 Å². The number of nitrogens with zero attached hydrogens (tertiary/aromatic N) is 2. The molecule has 2 aromatic carbocycles. The molecule has 3 N–H and O–H groups in total. The molecule has 1 aliphatic rings. The molecule has 3 rings (SSSR count). The zero-order valence-electron chi connectivity index (χ0n) is 21.1. The van der Waals surface area contributed by atoms with Gasteiger partial charge in [0.15, 0.2) is 0 Å². The smallest absolute Gasteiger partial charge is 0.328 e. The molecular weight excluding hydrogens is 484 g/mol. The van der Waals surface area contributed by atoms with Gasteiger partial charge in [-0.2, -0.15) is 0 Å². The number of aromatic hydroxyl groups is 1. The Morgan fingerprint density at radius 1 is 1.17 bits per heavy atom. The summed E-state index contributed by atoms with van der Waals surface area (Å²) in [6.07, 6.45) is 0.614. The number of rotatable bonds is 7. The van der Waals surface area contributed by atoms with Gasteiger partial charge in [-0.1, -0.05) is 27.7 Å². The third-order valence-electron chi connectivity index (χ3n) is 5.88. The van der Waals surface area contributed by atoms with Crippen molar-refractivity contribution in [1.29, 1.82) is 0 Å². The van der Waals surface area contributed by atoms with Crippen LogP contribution in [0.4, 0.5) is 21.9 Å². The summed E-state index contributed by atoms with van der Waals surface area (Å²) in [5.74, 6) is -1.16. The number of hydrogen-bond acceptors (Lipinski definition) is 6. The Hall–Kier alpha value is -3.60. The zero-order valence-corrected chi connectivity index (χ0v) is 21.9. The normalized spacial score (nSPS) is 14.4. The molecule has 4 amide bonds. The van der Waals surface area contributed by atoms with Crippen molar-refractivity contribution < 1.29 is 27.9 Å². The number of anilines is 3. The first-order valence-corrected chi connectivity index (χ1v) is 13.2. The van der Waals surface area contributed by atoms with Crippen LogP contribution in [0.25, 0.3) is 0 Å². The predicted molar refractivity (Wildman–Crippen MR) is 139 cm³/mol. The van der Waals surface area contributed by atoms with E-state index in [-0.39, 0.29) is 35.9 Å². The van der Waals surface area contributed by atoms with Crippen LogP contribution in [-0.2, 0) is 20.2 Å². The molecule has 10 nitrogen and oxygen atoms in total. The van der Waals surface area contributed by atoms with Gasteiger partial charge in [-0.3, -0.25) is 24.1 Å². The lowest BCUT2D eigenvalue weighted by Crippen LogP contribution is -2.49. The lowest BCUT2D eigenvalue weighted by molar-refractivity contribution is -0.120. The SMILES string of the molecule is CCCS(=O)(=O)N(C)c1ccc(NC(=O)c2cc(N3CCC(=O)NC3=O)cc(C(C)(C)C)c2O)cc1.